The summed E-state index contributed by atoms with van der Waals surface area (Å²) in [5.41, 5.74) is 1.66. The van der Waals surface area contributed by atoms with E-state index in [1.807, 2.05) is 41.3 Å². The fraction of sp³-hybridized carbons (Fsp3) is 0.333. The van der Waals surface area contributed by atoms with Crippen molar-refractivity contribution < 1.29 is 17.9 Å². The predicted molar refractivity (Wildman–Crippen MR) is 108 cm³/mol. The van der Waals surface area contributed by atoms with Gasteiger partial charge >= 0.3 is 0 Å². The maximum atomic E-state index is 13.4. The van der Waals surface area contributed by atoms with Crippen LogP contribution < -0.4 is 0 Å². The summed E-state index contributed by atoms with van der Waals surface area (Å²) in [6, 6.07) is 13.8. The van der Waals surface area contributed by atoms with Crippen molar-refractivity contribution in [2.75, 3.05) is 31.9 Å². The summed E-state index contributed by atoms with van der Waals surface area (Å²) in [7, 11) is -3.34. The molecule has 28 heavy (non-hydrogen) atoms. The van der Waals surface area contributed by atoms with E-state index in [0.29, 0.717) is 44.7 Å². The average Bonchev–Trinajstić information content (AvgIpc) is 2.69. The molecule has 0 bridgehead atoms. The molecule has 0 unspecified atom stereocenters. The first-order valence-electron chi connectivity index (χ1n) is 9.30. The number of phenols is 1. The summed E-state index contributed by atoms with van der Waals surface area (Å²) in [5, 5.41) is 9.84. The Kier molecular flexibility index (Phi) is 6.83. The minimum Gasteiger partial charge on any atom is -0.508 e. The number of nitrogens with zero attached hydrogens (tertiary/aromatic N) is 2. The Morgan fingerprint density at radius 1 is 1.00 bits per heavy atom. The predicted octanol–water partition coefficient (Wildman–Crippen LogP) is 2.78. The molecule has 5 nitrogen and oxygen atoms in total. The molecule has 1 aliphatic heterocycles. The first-order valence-corrected chi connectivity index (χ1v) is 10.9. The van der Waals surface area contributed by atoms with E-state index in [-0.39, 0.29) is 11.5 Å². The molecular formula is C21H25FN2O3S. The van der Waals surface area contributed by atoms with E-state index in [4.69, 9.17) is 0 Å². The highest BCUT2D eigenvalue weighted by molar-refractivity contribution is 7.89. The fourth-order valence-electron chi connectivity index (χ4n) is 3.22. The Balaban J connectivity index is 1.48. The molecule has 1 aliphatic rings. The summed E-state index contributed by atoms with van der Waals surface area (Å²) in [5.74, 6) is -0.346. The van der Waals surface area contributed by atoms with Crippen molar-refractivity contribution in [2.45, 2.75) is 13.0 Å². The number of halogens is 1. The molecule has 0 atom stereocenters. The van der Waals surface area contributed by atoms with Crippen LogP contribution in [0.3, 0.4) is 0 Å². The molecule has 0 amide bonds. The van der Waals surface area contributed by atoms with Gasteiger partial charge in [0.25, 0.3) is 0 Å². The van der Waals surface area contributed by atoms with Gasteiger partial charge in [-0.2, -0.15) is 4.31 Å². The van der Waals surface area contributed by atoms with E-state index in [2.05, 4.69) is 0 Å². The number of hydrogen-bond donors (Lipinski definition) is 1. The second-order valence-electron chi connectivity index (χ2n) is 6.89. The summed E-state index contributed by atoms with van der Waals surface area (Å²) in [6.07, 6.45) is 4.30. The fourth-order valence-corrected chi connectivity index (χ4v) is 4.53. The minimum atomic E-state index is -3.34. The van der Waals surface area contributed by atoms with Crippen molar-refractivity contribution in [2.24, 2.45) is 0 Å². The van der Waals surface area contributed by atoms with Gasteiger partial charge in [0.15, 0.2) is 0 Å². The summed E-state index contributed by atoms with van der Waals surface area (Å²) in [6.45, 7) is 2.27. The van der Waals surface area contributed by atoms with Crippen LogP contribution in [0.1, 0.15) is 11.1 Å². The molecule has 1 heterocycles. The Hall–Kier alpha value is -2.22. The van der Waals surface area contributed by atoms with E-state index in [1.165, 1.54) is 22.5 Å². The third-order valence-corrected chi connectivity index (χ3v) is 6.60. The molecule has 0 saturated carbocycles. The zero-order valence-corrected chi connectivity index (χ0v) is 16.5. The van der Waals surface area contributed by atoms with Gasteiger partial charge in [0.2, 0.25) is 10.0 Å². The van der Waals surface area contributed by atoms with Crippen molar-refractivity contribution >= 4 is 10.0 Å². The van der Waals surface area contributed by atoms with E-state index >= 15 is 0 Å². The van der Waals surface area contributed by atoms with Crippen LogP contribution in [-0.2, 0) is 23.0 Å². The SMILES string of the molecule is O=S(=O)(CC=CCc1ccccc1)N1CCN(Cc2cc(F)ccc2O)CC1. The van der Waals surface area contributed by atoms with Gasteiger partial charge in [0.1, 0.15) is 11.6 Å². The topological polar surface area (TPSA) is 60.9 Å². The van der Waals surface area contributed by atoms with Crippen LogP contribution in [0.15, 0.2) is 60.7 Å². The lowest BCUT2D eigenvalue weighted by Gasteiger charge is -2.33. The molecule has 0 aromatic heterocycles. The number of phenolic OH excluding ortho intramolecular Hbond substituents is 1. The lowest BCUT2D eigenvalue weighted by atomic mass is 10.1. The van der Waals surface area contributed by atoms with E-state index in [9.17, 15) is 17.9 Å². The zero-order valence-electron chi connectivity index (χ0n) is 15.7. The van der Waals surface area contributed by atoms with E-state index in [1.54, 1.807) is 6.08 Å². The Labute approximate surface area is 165 Å². The van der Waals surface area contributed by atoms with Gasteiger partial charge in [-0.05, 0) is 30.2 Å². The number of allylic oxidation sites excluding steroid dienone is 1. The van der Waals surface area contributed by atoms with Crippen LogP contribution in [0.4, 0.5) is 4.39 Å². The smallest absolute Gasteiger partial charge is 0.217 e. The number of hydrogen-bond acceptors (Lipinski definition) is 4. The van der Waals surface area contributed by atoms with Crippen LogP contribution in [0, 0.1) is 5.82 Å². The van der Waals surface area contributed by atoms with Gasteiger partial charge < -0.3 is 5.11 Å². The Bertz CT molecular complexity index is 909. The lowest BCUT2D eigenvalue weighted by Crippen LogP contribution is -2.48. The summed E-state index contributed by atoms with van der Waals surface area (Å²) in [4.78, 5) is 2.02. The monoisotopic (exact) mass is 404 g/mol. The van der Waals surface area contributed by atoms with Crippen molar-refractivity contribution in [3.05, 3.63) is 77.6 Å². The second kappa shape index (κ2) is 9.32. The van der Waals surface area contributed by atoms with Gasteiger partial charge in [0.05, 0.1) is 5.75 Å². The molecule has 2 aromatic rings. The van der Waals surface area contributed by atoms with E-state index < -0.39 is 15.8 Å². The number of rotatable bonds is 7. The largest absolute Gasteiger partial charge is 0.508 e. The van der Waals surface area contributed by atoms with Crippen LogP contribution in [-0.4, -0.2) is 54.7 Å². The van der Waals surface area contributed by atoms with Gasteiger partial charge in [-0.3, -0.25) is 4.90 Å². The average molecular weight is 405 g/mol. The molecule has 0 radical (unpaired) electrons. The zero-order chi connectivity index (χ0) is 20.0. The number of benzene rings is 2. The third kappa shape index (κ3) is 5.64. The van der Waals surface area contributed by atoms with Gasteiger partial charge in [0, 0.05) is 38.3 Å². The highest BCUT2D eigenvalue weighted by Gasteiger charge is 2.26. The number of sulfonamides is 1. The highest BCUT2D eigenvalue weighted by Crippen LogP contribution is 2.21. The maximum Gasteiger partial charge on any atom is 0.217 e. The molecule has 2 aromatic carbocycles. The van der Waals surface area contributed by atoms with Crippen LogP contribution in [0.25, 0.3) is 0 Å². The van der Waals surface area contributed by atoms with Crippen molar-refractivity contribution in [3.8, 4) is 5.75 Å². The first-order chi connectivity index (χ1) is 13.4. The van der Waals surface area contributed by atoms with Crippen LogP contribution in [0.5, 0.6) is 5.75 Å². The molecule has 1 saturated heterocycles. The molecular weight excluding hydrogens is 379 g/mol. The summed E-state index contributed by atoms with van der Waals surface area (Å²) >= 11 is 0. The molecule has 1 N–H and O–H groups in total. The third-order valence-electron chi connectivity index (χ3n) is 4.83. The number of aromatic hydroxyl groups is 1. The Morgan fingerprint density at radius 3 is 2.43 bits per heavy atom. The minimum absolute atomic E-state index is 0.00941. The molecule has 1 fully saturated rings. The highest BCUT2D eigenvalue weighted by atomic mass is 32.2. The maximum absolute atomic E-state index is 13.4. The first kappa shape index (κ1) is 20.5. The molecule has 0 spiro atoms. The Morgan fingerprint density at radius 2 is 1.71 bits per heavy atom. The van der Waals surface area contributed by atoms with E-state index in [0.717, 1.165) is 5.56 Å². The van der Waals surface area contributed by atoms with Crippen LogP contribution in [0.2, 0.25) is 0 Å². The van der Waals surface area contributed by atoms with Gasteiger partial charge in [-0.1, -0.05) is 42.5 Å². The molecule has 3 rings (SSSR count). The van der Waals surface area contributed by atoms with Crippen molar-refractivity contribution in [3.63, 3.8) is 0 Å². The lowest BCUT2D eigenvalue weighted by molar-refractivity contribution is 0.180. The summed E-state index contributed by atoms with van der Waals surface area (Å²) < 4.78 is 39.9. The standard InChI is InChI=1S/C21H25FN2O3S/c22-20-9-10-21(25)19(16-20)17-23-11-13-24(14-12-23)28(26,27)15-5-4-8-18-6-2-1-3-7-18/h1-7,9-10,16,25H,8,11-15,17H2. The molecule has 7 heteroatoms. The molecule has 0 aliphatic carbocycles. The normalized spacial score (nSPS) is 16.6. The van der Waals surface area contributed by atoms with Gasteiger partial charge in [-0.25, -0.2) is 12.8 Å². The quantitative estimate of drug-likeness (QED) is 0.721. The molecule has 150 valence electrons. The van der Waals surface area contributed by atoms with Crippen LogP contribution >= 0.6 is 0 Å². The van der Waals surface area contributed by atoms with Crippen molar-refractivity contribution in [1.82, 2.24) is 9.21 Å². The number of piperazine rings is 1. The van der Waals surface area contributed by atoms with Gasteiger partial charge in [-0.15, -0.1) is 0 Å². The van der Waals surface area contributed by atoms with Crippen molar-refractivity contribution in [1.29, 1.82) is 0 Å². The second-order valence-corrected chi connectivity index (χ2v) is 8.90.